The van der Waals surface area contributed by atoms with Crippen molar-refractivity contribution in [1.82, 2.24) is 0 Å². The van der Waals surface area contributed by atoms with E-state index in [2.05, 4.69) is 37.2 Å². The zero-order chi connectivity index (χ0) is 15.2. The third kappa shape index (κ3) is 5.66. The monoisotopic (exact) mass is 447 g/mol. The maximum Gasteiger partial charge on any atom is 0.234 e. The van der Waals surface area contributed by atoms with Gasteiger partial charge in [-0.2, -0.15) is 0 Å². The van der Waals surface area contributed by atoms with Crippen molar-refractivity contribution in [3.8, 4) is 0 Å². The number of anilines is 1. The van der Waals surface area contributed by atoms with Gasteiger partial charge in [-0.05, 0) is 51.8 Å². The number of carbonyl (C=O) groups excluding carboxylic acids is 1. The average molecular weight is 450 g/mol. The maximum absolute atomic E-state index is 11.9. The fourth-order valence-electron chi connectivity index (χ4n) is 1.61. The molecule has 0 aromatic heterocycles. The van der Waals surface area contributed by atoms with Crippen LogP contribution in [0.5, 0.6) is 0 Å². The van der Waals surface area contributed by atoms with Crippen molar-refractivity contribution in [2.24, 2.45) is 0 Å². The van der Waals surface area contributed by atoms with Crippen LogP contribution < -0.4 is 5.32 Å². The lowest BCUT2D eigenvalue weighted by molar-refractivity contribution is -0.113. The molecule has 2 rings (SSSR count). The normalized spacial score (nSPS) is 10.4. The van der Waals surface area contributed by atoms with Gasteiger partial charge in [-0.3, -0.25) is 4.79 Å². The second-order valence-corrected chi connectivity index (χ2v) is 7.46. The van der Waals surface area contributed by atoms with Crippen LogP contribution in [0.1, 0.15) is 5.56 Å². The summed E-state index contributed by atoms with van der Waals surface area (Å²) in [5.74, 6) is 1.18. The summed E-state index contributed by atoms with van der Waals surface area (Å²) in [4.78, 5) is 11.9. The Morgan fingerprint density at radius 1 is 1.14 bits per heavy atom. The molecule has 110 valence electrons. The van der Waals surface area contributed by atoms with Gasteiger partial charge in [0.1, 0.15) is 0 Å². The highest BCUT2D eigenvalue weighted by molar-refractivity contribution is 9.10. The first-order valence-corrected chi connectivity index (χ1v) is 9.23. The molecule has 0 bridgehead atoms. The number of nitrogens with one attached hydrogen (secondary N) is 1. The number of hydrogen-bond acceptors (Lipinski definition) is 2. The Balaban J connectivity index is 1.79. The molecule has 0 spiro atoms. The van der Waals surface area contributed by atoms with Gasteiger partial charge in [0.25, 0.3) is 0 Å². The molecule has 2 aromatic carbocycles. The van der Waals surface area contributed by atoms with E-state index in [-0.39, 0.29) is 5.91 Å². The maximum atomic E-state index is 11.9. The topological polar surface area (TPSA) is 29.1 Å². The Hall–Kier alpha value is -0.490. The van der Waals surface area contributed by atoms with Crippen LogP contribution in [0.4, 0.5) is 5.69 Å². The molecule has 0 aliphatic heterocycles. The van der Waals surface area contributed by atoms with E-state index in [1.54, 1.807) is 17.8 Å². The summed E-state index contributed by atoms with van der Waals surface area (Å²) in [7, 11) is 0. The molecule has 0 atom stereocenters. The van der Waals surface area contributed by atoms with Gasteiger partial charge < -0.3 is 5.32 Å². The van der Waals surface area contributed by atoms with Crippen molar-refractivity contribution < 1.29 is 4.79 Å². The third-order valence-electron chi connectivity index (χ3n) is 2.62. The highest BCUT2D eigenvalue weighted by Crippen LogP contribution is 2.25. The minimum absolute atomic E-state index is 0.0319. The number of benzene rings is 2. The van der Waals surface area contributed by atoms with E-state index in [0.717, 1.165) is 14.7 Å². The predicted molar refractivity (Wildman–Crippen MR) is 98.1 cm³/mol. The molecule has 1 N–H and O–H groups in total. The molecule has 0 saturated heterocycles. The third-order valence-corrected chi connectivity index (χ3v) is 5.38. The van der Waals surface area contributed by atoms with Crippen LogP contribution in [0.25, 0.3) is 0 Å². The summed E-state index contributed by atoms with van der Waals surface area (Å²) in [6.45, 7) is 0. The number of hydrogen-bond donors (Lipinski definition) is 1. The Morgan fingerprint density at radius 3 is 2.52 bits per heavy atom. The largest absolute Gasteiger partial charge is 0.325 e. The van der Waals surface area contributed by atoms with E-state index < -0.39 is 0 Å². The van der Waals surface area contributed by atoms with Gasteiger partial charge in [0.15, 0.2) is 0 Å². The molecule has 0 saturated carbocycles. The molecule has 6 heteroatoms. The van der Waals surface area contributed by atoms with Gasteiger partial charge in [0.05, 0.1) is 10.8 Å². The minimum Gasteiger partial charge on any atom is -0.325 e. The van der Waals surface area contributed by atoms with E-state index in [1.165, 1.54) is 5.56 Å². The molecule has 0 radical (unpaired) electrons. The lowest BCUT2D eigenvalue weighted by Crippen LogP contribution is -2.14. The van der Waals surface area contributed by atoms with Gasteiger partial charge in [-0.15, -0.1) is 11.8 Å². The van der Waals surface area contributed by atoms with Crippen LogP contribution in [-0.2, 0) is 10.5 Å². The molecule has 2 aromatic rings. The zero-order valence-electron chi connectivity index (χ0n) is 10.9. The first-order valence-electron chi connectivity index (χ1n) is 6.11. The Bertz CT molecular complexity index is 634. The van der Waals surface area contributed by atoms with Crippen molar-refractivity contribution in [2.45, 2.75) is 5.75 Å². The number of carbonyl (C=O) groups is 1. The summed E-state index contributed by atoms with van der Waals surface area (Å²) in [6, 6.07) is 13.4. The van der Waals surface area contributed by atoms with Crippen LogP contribution in [0.3, 0.4) is 0 Å². The summed E-state index contributed by atoms with van der Waals surface area (Å²) >= 11 is 14.3. The van der Waals surface area contributed by atoms with Crippen LogP contribution in [0.2, 0.25) is 5.02 Å². The van der Waals surface area contributed by atoms with E-state index in [9.17, 15) is 4.79 Å². The summed E-state index contributed by atoms with van der Waals surface area (Å²) in [5.41, 5.74) is 1.90. The molecular weight excluding hydrogens is 437 g/mol. The van der Waals surface area contributed by atoms with Crippen LogP contribution in [0, 0.1) is 0 Å². The van der Waals surface area contributed by atoms with E-state index in [0.29, 0.717) is 16.5 Å². The number of rotatable bonds is 5. The van der Waals surface area contributed by atoms with E-state index in [4.69, 9.17) is 11.6 Å². The van der Waals surface area contributed by atoms with Crippen molar-refractivity contribution in [3.05, 3.63) is 62.0 Å². The number of amides is 1. The smallest absolute Gasteiger partial charge is 0.234 e. The van der Waals surface area contributed by atoms with Gasteiger partial charge in [0.2, 0.25) is 5.91 Å². The summed E-state index contributed by atoms with van der Waals surface area (Å²) < 4.78 is 1.87. The van der Waals surface area contributed by atoms with Gasteiger partial charge >= 0.3 is 0 Å². The number of halogens is 3. The van der Waals surface area contributed by atoms with Crippen molar-refractivity contribution in [1.29, 1.82) is 0 Å². The second-order valence-electron chi connectivity index (χ2n) is 4.30. The van der Waals surface area contributed by atoms with Gasteiger partial charge in [-0.1, -0.05) is 39.7 Å². The molecule has 2 nitrogen and oxygen atoms in total. The van der Waals surface area contributed by atoms with Crippen LogP contribution >= 0.6 is 55.2 Å². The Morgan fingerprint density at radius 2 is 1.86 bits per heavy atom. The SMILES string of the molecule is O=C(CSCc1ccc(Br)cc1)Nc1ccc(Br)c(Cl)c1. The van der Waals surface area contributed by atoms with Gasteiger partial charge in [0, 0.05) is 20.4 Å². The van der Waals surface area contributed by atoms with Crippen molar-refractivity contribution in [3.63, 3.8) is 0 Å². The minimum atomic E-state index is -0.0319. The molecule has 0 unspecified atom stereocenters. The number of thioether (sulfide) groups is 1. The summed E-state index contributed by atoms with van der Waals surface area (Å²) in [6.07, 6.45) is 0. The highest BCUT2D eigenvalue weighted by atomic mass is 79.9. The fraction of sp³-hybridized carbons (Fsp3) is 0.133. The first kappa shape index (κ1) is 16.9. The fourth-order valence-corrected chi connectivity index (χ4v) is 3.09. The quantitative estimate of drug-likeness (QED) is 0.631. The Kier molecular flexibility index (Phi) is 6.61. The van der Waals surface area contributed by atoms with Crippen LogP contribution in [0.15, 0.2) is 51.4 Å². The molecular formula is C15H12Br2ClNOS. The molecule has 0 heterocycles. The predicted octanol–water partition coefficient (Wildman–Crippen LogP) is 5.74. The molecule has 0 aliphatic carbocycles. The highest BCUT2D eigenvalue weighted by Gasteiger charge is 2.05. The standard InChI is InChI=1S/C15H12Br2ClNOS/c16-11-3-1-10(2-4-11)8-21-9-15(20)19-12-5-6-13(17)14(18)7-12/h1-7H,8-9H2,(H,19,20). The summed E-state index contributed by atoms with van der Waals surface area (Å²) in [5, 5.41) is 3.41. The molecule has 0 aliphatic rings. The first-order chi connectivity index (χ1) is 10.0. The van der Waals surface area contributed by atoms with Gasteiger partial charge in [-0.25, -0.2) is 0 Å². The van der Waals surface area contributed by atoms with E-state index in [1.807, 2.05) is 36.4 Å². The van der Waals surface area contributed by atoms with Crippen LogP contribution in [-0.4, -0.2) is 11.7 Å². The Labute approximate surface area is 149 Å². The second kappa shape index (κ2) is 8.22. The molecule has 0 fully saturated rings. The molecule has 1 amide bonds. The van der Waals surface area contributed by atoms with Crippen molar-refractivity contribution in [2.75, 3.05) is 11.1 Å². The zero-order valence-corrected chi connectivity index (χ0v) is 15.7. The lowest BCUT2D eigenvalue weighted by Gasteiger charge is -2.06. The van der Waals surface area contributed by atoms with E-state index >= 15 is 0 Å². The lowest BCUT2D eigenvalue weighted by atomic mass is 10.2. The average Bonchev–Trinajstić information content (AvgIpc) is 2.45. The van der Waals surface area contributed by atoms with Crippen molar-refractivity contribution >= 4 is 66.8 Å². The molecule has 21 heavy (non-hydrogen) atoms.